The molecule has 0 saturated carbocycles. The maximum absolute atomic E-state index is 11.1. The van der Waals surface area contributed by atoms with Gasteiger partial charge in [-0.15, -0.1) is 0 Å². The molecule has 0 amide bonds. The molecule has 1 aromatic rings. The molecule has 112 valence electrons. The Balaban J connectivity index is 2.19. The molecule has 0 bridgehead atoms. The fourth-order valence-corrected chi connectivity index (χ4v) is 1.73. The number of methoxy groups -OCH3 is 1. The maximum atomic E-state index is 11.1. The summed E-state index contributed by atoms with van der Waals surface area (Å²) >= 11 is 0. The summed E-state index contributed by atoms with van der Waals surface area (Å²) in [6.45, 7) is 2.82. The summed E-state index contributed by atoms with van der Waals surface area (Å²) in [4.78, 5) is 11.1. The summed E-state index contributed by atoms with van der Waals surface area (Å²) in [7, 11) is 1.60. The molecule has 0 radical (unpaired) electrons. The van der Waals surface area contributed by atoms with Crippen molar-refractivity contribution in [2.24, 2.45) is 0 Å². The summed E-state index contributed by atoms with van der Waals surface area (Å²) < 4.78 is 15.6. The first kappa shape index (κ1) is 16.1. The first-order valence-corrected chi connectivity index (χ1v) is 6.89. The molecule has 0 aliphatic rings. The van der Waals surface area contributed by atoms with Crippen molar-refractivity contribution >= 4 is 11.7 Å². The Morgan fingerprint density at radius 1 is 1.25 bits per heavy atom. The summed E-state index contributed by atoms with van der Waals surface area (Å²) in [5, 5.41) is 0. The van der Waals surface area contributed by atoms with Crippen LogP contribution in [0.25, 0.3) is 0 Å². The standard InChI is InChI=1S/C15H23NO4/c1-3-19-15(17)7-5-4-6-10-20-14-11-12(18-2)8-9-13(14)16/h8-9,11H,3-7,10,16H2,1-2H3. The number of unbranched alkanes of at least 4 members (excludes halogenated alkanes) is 2. The molecule has 0 fully saturated rings. The van der Waals surface area contributed by atoms with Gasteiger partial charge >= 0.3 is 5.97 Å². The molecule has 20 heavy (non-hydrogen) atoms. The second kappa shape index (κ2) is 9.07. The average molecular weight is 281 g/mol. The quantitative estimate of drug-likeness (QED) is 0.428. The molecule has 0 atom stereocenters. The number of anilines is 1. The number of esters is 1. The Morgan fingerprint density at radius 2 is 2.05 bits per heavy atom. The number of carbonyl (C=O) groups is 1. The minimum Gasteiger partial charge on any atom is -0.497 e. The molecular weight excluding hydrogens is 258 g/mol. The van der Waals surface area contributed by atoms with Crippen LogP contribution in [0.15, 0.2) is 18.2 Å². The van der Waals surface area contributed by atoms with Gasteiger partial charge < -0.3 is 19.9 Å². The summed E-state index contributed by atoms with van der Waals surface area (Å²) in [5.74, 6) is 1.22. The molecule has 0 aromatic heterocycles. The normalized spacial score (nSPS) is 10.1. The Labute approximate surface area is 120 Å². The fourth-order valence-electron chi connectivity index (χ4n) is 1.73. The molecule has 5 heteroatoms. The number of rotatable bonds is 9. The van der Waals surface area contributed by atoms with E-state index in [0.717, 1.165) is 25.0 Å². The summed E-state index contributed by atoms with van der Waals surface area (Å²) in [5.41, 5.74) is 6.41. The maximum Gasteiger partial charge on any atom is 0.305 e. The monoisotopic (exact) mass is 281 g/mol. The van der Waals surface area contributed by atoms with Crippen molar-refractivity contribution in [2.75, 3.05) is 26.1 Å². The molecule has 5 nitrogen and oxygen atoms in total. The van der Waals surface area contributed by atoms with E-state index in [1.165, 1.54) is 0 Å². The van der Waals surface area contributed by atoms with Crippen LogP contribution < -0.4 is 15.2 Å². The van der Waals surface area contributed by atoms with Gasteiger partial charge in [-0.1, -0.05) is 0 Å². The molecule has 0 unspecified atom stereocenters. The number of ether oxygens (including phenoxy) is 3. The van der Waals surface area contributed by atoms with Crippen LogP contribution in [0.4, 0.5) is 5.69 Å². The van der Waals surface area contributed by atoms with Gasteiger partial charge in [0.15, 0.2) is 0 Å². The highest BCUT2D eigenvalue weighted by atomic mass is 16.5. The van der Waals surface area contributed by atoms with Crippen LogP contribution >= 0.6 is 0 Å². The van der Waals surface area contributed by atoms with Crippen LogP contribution in [-0.4, -0.2) is 26.3 Å². The second-order valence-electron chi connectivity index (χ2n) is 4.37. The van der Waals surface area contributed by atoms with Crippen LogP contribution in [0.2, 0.25) is 0 Å². The SMILES string of the molecule is CCOC(=O)CCCCCOc1cc(OC)ccc1N. The predicted octanol–water partition coefficient (Wildman–Crippen LogP) is 2.78. The van der Waals surface area contributed by atoms with Crippen molar-refractivity contribution in [3.8, 4) is 11.5 Å². The lowest BCUT2D eigenvalue weighted by molar-refractivity contribution is -0.143. The number of nitrogen functional groups attached to an aromatic ring is 1. The Hall–Kier alpha value is -1.91. The Bertz CT molecular complexity index is 420. The van der Waals surface area contributed by atoms with Gasteiger partial charge in [0.05, 0.1) is 26.0 Å². The van der Waals surface area contributed by atoms with Crippen molar-refractivity contribution < 1.29 is 19.0 Å². The van der Waals surface area contributed by atoms with E-state index in [1.807, 2.05) is 6.92 Å². The molecular formula is C15H23NO4. The molecule has 0 saturated heterocycles. The van der Waals surface area contributed by atoms with Crippen LogP contribution in [-0.2, 0) is 9.53 Å². The van der Waals surface area contributed by atoms with E-state index in [-0.39, 0.29) is 5.97 Å². The fraction of sp³-hybridized carbons (Fsp3) is 0.533. The highest BCUT2D eigenvalue weighted by Crippen LogP contribution is 2.26. The average Bonchev–Trinajstić information content (AvgIpc) is 2.44. The summed E-state index contributed by atoms with van der Waals surface area (Å²) in [6.07, 6.45) is 3.07. The van der Waals surface area contributed by atoms with E-state index in [9.17, 15) is 4.79 Å². The lowest BCUT2D eigenvalue weighted by Crippen LogP contribution is -2.04. The van der Waals surface area contributed by atoms with Gasteiger partial charge in [-0.25, -0.2) is 0 Å². The third-order valence-electron chi connectivity index (χ3n) is 2.81. The van der Waals surface area contributed by atoms with Gasteiger partial charge in [0.2, 0.25) is 0 Å². The highest BCUT2D eigenvalue weighted by molar-refractivity contribution is 5.69. The van der Waals surface area contributed by atoms with Gasteiger partial charge in [0.1, 0.15) is 11.5 Å². The zero-order chi connectivity index (χ0) is 14.8. The third kappa shape index (κ3) is 5.82. The van der Waals surface area contributed by atoms with Gasteiger partial charge in [-0.2, -0.15) is 0 Å². The van der Waals surface area contributed by atoms with Crippen molar-refractivity contribution in [3.05, 3.63) is 18.2 Å². The minimum absolute atomic E-state index is 0.134. The number of hydrogen-bond acceptors (Lipinski definition) is 5. The molecule has 1 rings (SSSR count). The van der Waals surface area contributed by atoms with E-state index in [4.69, 9.17) is 19.9 Å². The smallest absolute Gasteiger partial charge is 0.305 e. The molecule has 1 aromatic carbocycles. The zero-order valence-corrected chi connectivity index (χ0v) is 12.2. The number of nitrogens with two attached hydrogens (primary N) is 1. The first-order chi connectivity index (χ1) is 9.67. The van der Waals surface area contributed by atoms with E-state index in [1.54, 1.807) is 25.3 Å². The van der Waals surface area contributed by atoms with Crippen molar-refractivity contribution in [1.82, 2.24) is 0 Å². The van der Waals surface area contributed by atoms with Crippen LogP contribution in [0.5, 0.6) is 11.5 Å². The summed E-state index contributed by atoms with van der Waals surface area (Å²) in [6, 6.07) is 5.32. The van der Waals surface area contributed by atoms with Gasteiger partial charge in [-0.3, -0.25) is 4.79 Å². The molecule has 0 heterocycles. The van der Waals surface area contributed by atoms with E-state index < -0.39 is 0 Å². The van der Waals surface area contributed by atoms with Gasteiger partial charge in [0, 0.05) is 12.5 Å². The number of hydrogen-bond donors (Lipinski definition) is 1. The highest BCUT2D eigenvalue weighted by Gasteiger charge is 2.04. The second-order valence-corrected chi connectivity index (χ2v) is 4.37. The lowest BCUT2D eigenvalue weighted by atomic mass is 10.2. The van der Waals surface area contributed by atoms with Crippen LogP contribution in [0, 0.1) is 0 Å². The predicted molar refractivity (Wildman–Crippen MR) is 78.0 cm³/mol. The molecule has 0 aliphatic heterocycles. The van der Waals surface area contributed by atoms with E-state index >= 15 is 0 Å². The Morgan fingerprint density at radius 3 is 2.75 bits per heavy atom. The topological polar surface area (TPSA) is 70.8 Å². The molecule has 2 N–H and O–H groups in total. The van der Waals surface area contributed by atoms with E-state index in [2.05, 4.69) is 0 Å². The van der Waals surface area contributed by atoms with Gasteiger partial charge in [0.25, 0.3) is 0 Å². The van der Waals surface area contributed by atoms with E-state index in [0.29, 0.717) is 31.1 Å². The lowest BCUT2D eigenvalue weighted by Gasteiger charge is -2.10. The van der Waals surface area contributed by atoms with Crippen molar-refractivity contribution in [2.45, 2.75) is 32.6 Å². The van der Waals surface area contributed by atoms with Crippen LogP contribution in [0.3, 0.4) is 0 Å². The van der Waals surface area contributed by atoms with Crippen LogP contribution in [0.1, 0.15) is 32.6 Å². The molecule has 0 aliphatic carbocycles. The van der Waals surface area contributed by atoms with Crippen molar-refractivity contribution in [3.63, 3.8) is 0 Å². The largest absolute Gasteiger partial charge is 0.497 e. The first-order valence-electron chi connectivity index (χ1n) is 6.89. The zero-order valence-electron chi connectivity index (χ0n) is 12.2. The number of benzene rings is 1. The minimum atomic E-state index is -0.134. The number of carbonyl (C=O) groups excluding carboxylic acids is 1. The van der Waals surface area contributed by atoms with Gasteiger partial charge in [-0.05, 0) is 38.3 Å². The Kier molecular flexibility index (Phi) is 7.32. The molecule has 0 spiro atoms. The third-order valence-corrected chi connectivity index (χ3v) is 2.81. The van der Waals surface area contributed by atoms with Crippen molar-refractivity contribution in [1.29, 1.82) is 0 Å².